The molecule has 0 aromatic heterocycles. The van der Waals surface area contributed by atoms with Gasteiger partial charge in [0.25, 0.3) is 5.91 Å². The summed E-state index contributed by atoms with van der Waals surface area (Å²) >= 11 is 4.51. The lowest BCUT2D eigenvalue weighted by Crippen LogP contribution is -2.35. The SMILES string of the molecule is O=C(NC(=O)c1c(F)cccc1Cl)Nc1c(F)cc(SC(F)(F)F)c(F)c1F. The summed E-state index contributed by atoms with van der Waals surface area (Å²) in [5, 5.41) is 2.56. The number of nitrogens with one attached hydrogen (secondary N) is 2. The molecule has 0 atom stereocenters. The fraction of sp³-hybridized carbons (Fsp3) is 0.0667. The third-order valence-electron chi connectivity index (χ3n) is 3.01. The van der Waals surface area contributed by atoms with Crippen LogP contribution in [0.4, 0.5) is 41.2 Å². The molecule has 0 radical (unpaired) electrons. The van der Waals surface area contributed by atoms with Crippen LogP contribution in [0.2, 0.25) is 5.02 Å². The molecule has 0 saturated carbocycles. The number of urea groups is 1. The van der Waals surface area contributed by atoms with E-state index in [1.165, 1.54) is 16.7 Å². The molecule has 2 N–H and O–H groups in total. The number of hydrogen-bond acceptors (Lipinski definition) is 3. The Bertz CT molecular complexity index is 933. The van der Waals surface area contributed by atoms with Gasteiger partial charge in [-0.1, -0.05) is 17.7 Å². The maximum Gasteiger partial charge on any atom is 0.446 e. The molecule has 0 saturated heterocycles. The minimum atomic E-state index is -5.02. The Morgan fingerprint density at radius 1 is 1.00 bits per heavy atom. The van der Waals surface area contributed by atoms with E-state index in [1.54, 1.807) is 0 Å². The average Bonchev–Trinajstić information content (AvgIpc) is 2.55. The number of amides is 3. The van der Waals surface area contributed by atoms with Crippen molar-refractivity contribution in [2.24, 2.45) is 0 Å². The predicted molar refractivity (Wildman–Crippen MR) is 86.1 cm³/mol. The molecular weight excluding hydrogens is 441 g/mol. The molecule has 0 aliphatic heterocycles. The van der Waals surface area contributed by atoms with Crippen LogP contribution >= 0.6 is 23.4 Å². The number of alkyl halides is 3. The number of carbonyl (C=O) groups excluding carboxylic acids is 2. The molecule has 0 spiro atoms. The largest absolute Gasteiger partial charge is 0.446 e. The molecule has 2 aromatic rings. The Morgan fingerprint density at radius 2 is 1.64 bits per heavy atom. The van der Waals surface area contributed by atoms with E-state index >= 15 is 0 Å². The van der Waals surface area contributed by atoms with Gasteiger partial charge in [0.2, 0.25) is 0 Å². The fourth-order valence-electron chi connectivity index (χ4n) is 1.91. The van der Waals surface area contributed by atoms with E-state index in [2.05, 4.69) is 0 Å². The summed E-state index contributed by atoms with van der Waals surface area (Å²) in [4.78, 5) is 22.1. The lowest BCUT2D eigenvalue weighted by atomic mass is 10.2. The summed E-state index contributed by atoms with van der Waals surface area (Å²) in [6.45, 7) is 0. The third-order valence-corrected chi connectivity index (χ3v) is 4.07. The van der Waals surface area contributed by atoms with Crippen molar-refractivity contribution < 1.29 is 40.3 Å². The normalized spacial score (nSPS) is 11.3. The maximum absolute atomic E-state index is 13.8. The molecular formula is C15H6ClF7N2O2S. The highest BCUT2D eigenvalue weighted by atomic mass is 35.5. The van der Waals surface area contributed by atoms with Crippen molar-refractivity contribution in [2.45, 2.75) is 10.4 Å². The van der Waals surface area contributed by atoms with Crippen LogP contribution in [0.1, 0.15) is 10.4 Å². The Hall–Kier alpha value is -2.47. The molecule has 4 nitrogen and oxygen atoms in total. The van der Waals surface area contributed by atoms with E-state index in [9.17, 15) is 40.3 Å². The van der Waals surface area contributed by atoms with Crippen molar-refractivity contribution >= 4 is 41.0 Å². The first kappa shape index (κ1) is 21.8. The van der Waals surface area contributed by atoms with Gasteiger partial charge in [-0.2, -0.15) is 13.2 Å². The van der Waals surface area contributed by atoms with Crippen LogP contribution in [0.5, 0.6) is 0 Å². The third kappa shape index (κ3) is 5.07. The molecule has 13 heteroatoms. The van der Waals surface area contributed by atoms with Crippen LogP contribution in [0.25, 0.3) is 0 Å². The highest BCUT2D eigenvalue weighted by Gasteiger charge is 2.33. The summed E-state index contributed by atoms with van der Waals surface area (Å²) in [7, 11) is 0. The maximum atomic E-state index is 13.8. The molecule has 0 aliphatic rings. The summed E-state index contributed by atoms with van der Waals surface area (Å²) in [5.41, 5.74) is -7.21. The van der Waals surface area contributed by atoms with Crippen LogP contribution in [-0.2, 0) is 0 Å². The molecule has 0 bridgehead atoms. The van der Waals surface area contributed by atoms with Crippen molar-refractivity contribution in [2.75, 3.05) is 5.32 Å². The topological polar surface area (TPSA) is 58.2 Å². The zero-order valence-electron chi connectivity index (χ0n) is 13.1. The highest BCUT2D eigenvalue weighted by Crippen LogP contribution is 2.40. The van der Waals surface area contributed by atoms with Gasteiger partial charge in [-0.25, -0.2) is 22.4 Å². The zero-order valence-corrected chi connectivity index (χ0v) is 14.6. The number of anilines is 1. The lowest BCUT2D eigenvalue weighted by molar-refractivity contribution is -0.0329. The molecule has 2 aromatic carbocycles. The molecule has 28 heavy (non-hydrogen) atoms. The van der Waals surface area contributed by atoms with E-state index in [0.717, 1.165) is 12.1 Å². The molecule has 0 heterocycles. The monoisotopic (exact) mass is 446 g/mol. The second-order valence-corrected chi connectivity index (χ2v) is 6.43. The van der Waals surface area contributed by atoms with Gasteiger partial charge in [0.15, 0.2) is 17.5 Å². The number of imide groups is 1. The molecule has 0 aliphatic carbocycles. The van der Waals surface area contributed by atoms with Crippen molar-refractivity contribution in [3.63, 3.8) is 0 Å². The number of halogens is 8. The van der Waals surface area contributed by atoms with Crippen LogP contribution in [-0.4, -0.2) is 17.4 Å². The Kier molecular flexibility index (Phi) is 6.44. The minimum absolute atomic E-state index is 0.0156. The van der Waals surface area contributed by atoms with Crippen molar-refractivity contribution in [1.82, 2.24) is 5.32 Å². The minimum Gasteiger partial charge on any atom is -0.302 e. The lowest BCUT2D eigenvalue weighted by Gasteiger charge is -2.13. The van der Waals surface area contributed by atoms with E-state index in [0.29, 0.717) is 0 Å². The van der Waals surface area contributed by atoms with Gasteiger partial charge in [-0.15, -0.1) is 0 Å². The number of thioether (sulfide) groups is 1. The first-order chi connectivity index (χ1) is 12.9. The standard InChI is InChI=1S/C15H6ClF7N2O2S/c16-5-2-1-3-6(17)9(5)13(26)25-14(27)24-12-7(18)4-8(10(19)11(12)20)28-15(21,22)23/h1-4H,(H2,24,25,26,27). The van der Waals surface area contributed by atoms with Crippen molar-refractivity contribution in [3.05, 3.63) is 58.1 Å². The Labute approximate surface area is 161 Å². The van der Waals surface area contributed by atoms with Crippen LogP contribution in [0, 0.1) is 23.3 Å². The predicted octanol–water partition coefficient (Wildman–Crippen LogP) is 5.47. The van der Waals surface area contributed by atoms with E-state index in [-0.39, 0.29) is 11.1 Å². The zero-order chi connectivity index (χ0) is 21.2. The molecule has 0 fully saturated rings. The van der Waals surface area contributed by atoms with Gasteiger partial charge < -0.3 is 5.32 Å². The van der Waals surface area contributed by atoms with Crippen LogP contribution < -0.4 is 10.6 Å². The van der Waals surface area contributed by atoms with Gasteiger partial charge in [-0.05, 0) is 30.0 Å². The van der Waals surface area contributed by atoms with Gasteiger partial charge in [0.05, 0.1) is 15.5 Å². The number of carbonyl (C=O) groups is 2. The summed E-state index contributed by atoms with van der Waals surface area (Å²) in [5.74, 6) is -8.42. The van der Waals surface area contributed by atoms with Crippen molar-refractivity contribution in [3.8, 4) is 0 Å². The van der Waals surface area contributed by atoms with Gasteiger partial charge in [-0.3, -0.25) is 10.1 Å². The molecule has 150 valence electrons. The van der Waals surface area contributed by atoms with Crippen molar-refractivity contribution in [1.29, 1.82) is 0 Å². The first-order valence-corrected chi connectivity index (χ1v) is 8.09. The highest BCUT2D eigenvalue weighted by molar-refractivity contribution is 8.00. The number of benzene rings is 2. The molecule has 0 unspecified atom stereocenters. The van der Waals surface area contributed by atoms with E-state index < -0.39 is 68.6 Å². The second-order valence-electron chi connectivity index (χ2n) is 4.91. The van der Waals surface area contributed by atoms with Gasteiger partial charge in [0, 0.05) is 0 Å². The summed E-state index contributed by atoms with van der Waals surface area (Å²) < 4.78 is 91.7. The first-order valence-electron chi connectivity index (χ1n) is 6.90. The van der Waals surface area contributed by atoms with Gasteiger partial charge >= 0.3 is 11.5 Å². The molecule has 2 rings (SSSR count). The number of rotatable bonds is 3. The average molecular weight is 447 g/mol. The summed E-state index contributed by atoms with van der Waals surface area (Å²) in [6, 6.07) is 1.55. The number of hydrogen-bond donors (Lipinski definition) is 2. The fourth-order valence-corrected chi connectivity index (χ4v) is 2.75. The molecule has 3 amide bonds. The van der Waals surface area contributed by atoms with Gasteiger partial charge in [0.1, 0.15) is 11.5 Å². The van der Waals surface area contributed by atoms with Crippen LogP contribution in [0.15, 0.2) is 29.2 Å². The van der Waals surface area contributed by atoms with Crippen LogP contribution in [0.3, 0.4) is 0 Å². The summed E-state index contributed by atoms with van der Waals surface area (Å²) in [6.07, 6.45) is 0. The second kappa shape index (κ2) is 8.27. The Morgan fingerprint density at radius 3 is 2.21 bits per heavy atom. The Balaban J connectivity index is 2.22. The van der Waals surface area contributed by atoms with E-state index in [4.69, 9.17) is 11.6 Å². The van der Waals surface area contributed by atoms with E-state index in [1.807, 2.05) is 0 Å². The smallest absolute Gasteiger partial charge is 0.302 e. The quantitative estimate of drug-likeness (QED) is 0.373.